The summed E-state index contributed by atoms with van der Waals surface area (Å²) >= 11 is 1.66. The molecule has 0 aromatic heterocycles. The van der Waals surface area contributed by atoms with Gasteiger partial charge in [-0.05, 0) is 30.6 Å². The molecule has 2 aliphatic rings. The Morgan fingerprint density at radius 3 is 2.83 bits per heavy atom. The van der Waals surface area contributed by atoms with E-state index in [1.807, 2.05) is 0 Å². The van der Waals surface area contributed by atoms with Gasteiger partial charge in [-0.2, -0.15) is 0 Å². The van der Waals surface area contributed by atoms with Crippen molar-refractivity contribution in [3.05, 3.63) is 12.2 Å². The molecule has 1 saturated carbocycles. The fourth-order valence-electron chi connectivity index (χ4n) is 2.37. The molecule has 3 atom stereocenters. The number of hydrogen-bond acceptors (Lipinski definition) is 2. The van der Waals surface area contributed by atoms with Crippen LogP contribution in [0.25, 0.3) is 0 Å². The maximum Gasteiger partial charge on any atom is 0.315 e. The van der Waals surface area contributed by atoms with Gasteiger partial charge in [0.1, 0.15) is 0 Å². The molecule has 0 spiro atoms. The van der Waals surface area contributed by atoms with Crippen LogP contribution in [0.4, 0.5) is 0 Å². The first-order chi connectivity index (χ1) is 5.79. The van der Waals surface area contributed by atoms with Crippen molar-refractivity contribution < 1.29 is 7.86 Å². The van der Waals surface area contributed by atoms with Crippen LogP contribution >= 0.6 is 23.0 Å². The highest BCUT2D eigenvalue weighted by Gasteiger charge is 2.36. The lowest BCUT2D eigenvalue weighted by molar-refractivity contribution is -0.132. The summed E-state index contributed by atoms with van der Waals surface area (Å²) in [5.41, 5.74) is 0. The van der Waals surface area contributed by atoms with Gasteiger partial charge < -0.3 is 3.07 Å². The van der Waals surface area contributed by atoms with Crippen LogP contribution in [0.3, 0.4) is 0 Å². The summed E-state index contributed by atoms with van der Waals surface area (Å²) in [6, 6.07) is 0. The van der Waals surface area contributed by atoms with Crippen LogP contribution in [-0.4, -0.2) is 5.97 Å². The van der Waals surface area contributed by atoms with Crippen molar-refractivity contribution in [1.82, 2.24) is 0 Å². The lowest BCUT2D eigenvalue weighted by atomic mass is 9.91. The summed E-state index contributed by atoms with van der Waals surface area (Å²) in [5.74, 6) is 1.90. The lowest BCUT2D eigenvalue weighted by Crippen LogP contribution is -2.12. The van der Waals surface area contributed by atoms with E-state index in [2.05, 4.69) is 15.2 Å². The Morgan fingerprint density at radius 2 is 2.33 bits per heavy atom. The highest BCUT2D eigenvalue weighted by atomic mass is 127. The minimum Gasteiger partial charge on any atom is -0.394 e. The first kappa shape index (κ1) is 8.53. The van der Waals surface area contributed by atoms with Gasteiger partial charge >= 0.3 is 5.97 Å². The Balaban J connectivity index is 1.91. The second-order valence-electron chi connectivity index (χ2n) is 3.69. The number of hydrogen-bond donors (Lipinski definition) is 0. The zero-order valence-electron chi connectivity index (χ0n) is 6.70. The maximum atomic E-state index is 11.0. The Bertz CT molecular complexity index is 225. The van der Waals surface area contributed by atoms with Crippen molar-refractivity contribution in [2.24, 2.45) is 17.8 Å². The molecule has 0 radical (unpaired) electrons. The lowest BCUT2D eigenvalue weighted by Gasteiger charge is -2.15. The number of carbonyl (C=O) groups excluding carboxylic acids is 1. The Hall–Kier alpha value is -0.0600. The molecule has 0 saturated heterocycles. The largest absolute Gasteiger partial charge is 0.394 e. The van der Waals surface area contributed by atoms with Crippen LogP contribution in [0, 0.1) is 17.8 Å². The zero-order chi connectivity index (χ0) is 8.55. The van der Waals surface area contributed by atoms with Crippen molar-refractivity contribution in [2.75, 3.05) is 0 Å². The van der Waals surface area contributed by atoms with Crippen molar-refractivity contribution in [1.29, 1.82) is 0 Å². The molecule has 3 heteroatoms. The summed E-state index contributed by atoms with van der Waals surface area (Å²) < 4.78 is 4.63. The van der Waals surface area contributed by atoms with Gasteiger partial charge in [0.2, 0.25) is 0 Å². The van der Waals surface area contributed by atoms with Gasteiger partial charge in [-0.1, -0.05) is 12.2 Å². The molecule has 0 amide bonds. The van der Waals surface area contributed by atoms with E-state index in [4.69, 9.17) is 0 Å². The normalized spacial score (nSPS) is 37.2. The molecule has 0 heterocycles. The maximum absolute atomic E-state index is 11.0. The molecule has 0 aromatic carbocycles. The van der Waals surface area contributed by atoms with E-state index < -0.39 is 0 Å². The molecule has 2 aliphatic carbocycles. The van der Waals surface area contributed by atoms with E-state index in [0.29, 0.717) is 18.3 Å². The van der Waals surface area contributed by atoms with Gasteiger partial charge in [-0.3, -0.25) is 4.79 Å². The molecule has 1 fully saturated rings. The minimum absolute atomic E-state index is 0.0680. The van der Waals surface area contributed by atoms with Crippen molar-refractivity contribution in [3.63, 3.8) is 0 Å². The summed E-state index contributed by atoms with van der Waals surface area (Å²) in [6.45, 7) is 0. The molecular formula is C9H11IO2. The van der Waals surface area contributed by atoms with Crippen molar-refractivity contribution in [3.8, 4) is 0 Å². The predicted octanol–water partition coefficient (Wildman–Crippen LogP) is 2.48. The monoisotopic (exact) mass is 278 g/mol. The third kappa shape index (κ3) is 1.51. The fraction of sp³-hybridized carbons (Fsp3) is 0.667. The Labute approximate surface area is 86.0 Å². The third-order valence-corrected chi connectivity index (χ3v) is 3.42. The summed E-state index contributed by atoms with van der Waals surface area (Å²) in [4.78, 5) is 11.0. The number of fused-ring (bicyclic) bond motifs is 2. The van der Waals surface area contributed by atoms with E-state index in [9.17, 15) is 4.79 Å². The smallest absolute Gasteiger partial charge is 0.315 e. The van der Waals surface area contributed by atoms with Crippen molar-refractivity contribution >= 4 is 29.0 Å². The van der Waals surface area contributed by atoms with E-state index >= 15 is 0 Å². The third-order valence-electron chi connectivity index (χ3n) is 2.93. The molecule has 2 bridgehead atoms. The van der Waals surface area contributed by atoms with Gasteiger partial charge in [-0.15, -0.1) is 0 Å². The second kappa shape index (κ2) is 3.36. The first-order valence-corrected chi connectivity index (χ1v) is 5.17. The fourth-order valence-corrected chi connectivity index (χ4v) is 2.55. The molecule has 12 heavy (non-hydrogen) atoms. The second-order valence-corrected chi connectivity index (χ2v) is 4.13. The SMILES string of the molecule is O=C(CC1CC2C=CC1C2)OI. The van der Waals surface area contributed by atoms with E-state index in [0.717, 1.165) is 5.92 Å². The van der Waals surface area contributed by atoms with E-state index in [1.165, 1.54) is 12.8 Å². The Morgan fingerprint density at radius 1 is 1.50 bits per heavy atom. The molecule has 0 aromatic rings. The van der Waals surface area contributed by atoms with Crippen LogP contribution in [-0.2, 0) is 7.86 Å². The van der Waals surface area contributed by atoms with Gasteiger partial charge in [0, 0.05) is 6.42 Å². The van der Waals surface area contributed by atoms with Gasteiger partial charge in [0.05, 0.1) is 0 Å². The summed E-state index contributed by atoms with van der Waals surface area (Å²) in [6.07, 6.45) is 7.61. The molecule has 2 rings (SSSR count). The summed E-state index contributed by atoms with van der Waals surface area (Å²) in [5, 5.41) is 0. The summed E-state index contributed by atoms with van der Waals surface area (Å²) in [7, 11) is 0. The van der Waals surface area contributed by atoms with Gasteiger partial charge in [0.15, 0.2) is 23.0 Å². The number of halogens is 1. The molecular weight excluding hydrogens is 267 g/mol. The van der Waals surface area contributed by atoms with Crippen LogP contribution < -0.4 is 0 Å². The average molecular weight is 278 g/mol. The van der Waals surface area contributed by atoms with Crippen LogP contribution in [0.15, 0.2) is 12.2 Å². The predicted molar refractivity (Wildman–Crippen MR) is 53.6 cm³/mol. The number of allylic oxidation sites excluding steroid dienone is 2. The topological polar surface area (TPSA) is 26.3 Å². The van der Waals surface area contributed by atoms with Crippen LogP contribution in [0.2, 0.25) is 0 Å². The number of rotatable bonds is 2. The zero-order valence-corrected chi connectivity index (χ0v) is 8.86. The highest BCUT2D eigenvalue weighted by Crippen LogP contribution is 2.44. The van der Waals surface area contributed by atoms with Crippen LogP contribution in [0.5, 0.6) is 0 Å². The van der Waals surface area contributed by atoms with Crippen LogP contribution in [0.1, 0.15) is 19.3 Å². The molecule has 2 nitrogen and oxygen atoms in total. The minimum atomic E-state index is -0.0680. The number of carbonyl (C=O) groups is 1. The molecule has 66 valence electrons. The van der Waals surface area contributed by atoms with Gasteiger partial charge in [0.25, 0.3) is 0 Å². The molecule has 3 unspecified atom stereocenters. The van der Waals surface area contributed by atoms with Crippen molar-refractivity contribution in [2.45, 2.75) is 19.3 Å². The Kier molecular flexibility index (Phi) is 2.39. The molecule has 0 N–H and O–H groups in total. The standard InChI is InChI=1S/C9H11IO2/c10-12-9(11)5-8-4-6-1-2-7(8)3-6/h1-2,6-8H,3-5H2. The average Bonchev–Trinajstić information content (AvgIpc) is 2.64. The highest BCUT2D eigenvalue weighted by molar-refractivity contribution is 14.1. The molecule has 0 aliphatic heterocycles. The van der Waals surface area contributed by atoms with E-state index in [1.54, 1.807) is 23.0 Å². The van der Waals surface area contributed by atoms with E-state index in [-0.39, 0.29) is 5.97 Å². The van der Waals surface area contributed by atoms with Gasteiger partial charge in [-0.25, -0.2) is 0 Å². The quantitative estimate of drug-likeness (QED) is 0.573. The first-order valence-electron chi connectivity index (χ1n) is 4.29.